The predicted molar refractivity (Wildman–Crippen MR) is 59.0 cm³/mol. The molecule has 5 nitrogen and oxygen atoms in total. The quantitative estimate of drug-likeness (QED) is 0.738. The Morgan fingerprint density at radius 1 is 1.59 bits per heavy atom. The third-order valence-electron chi connectivity index (χ3n) is 2.92. The van der Waals surface area contributed by atoms with Gasteiger partial charge in [0.1, 0.15) is 11.5 Å². The van der Waals surface area contributed by atoms with Crippen molar-refractivity contribution in [3.05, 3.63) is 29.8 Å². The number of amides is 1. The van der Waals surface area contributed by atoms with E-state index < -0.39 is 11.9 Å². The van der Waals surface area contributed by atoms with E-state index >= 15 is 0 Å². The fourth-order valence-electron chi connectivity index (χ4n) is 1.88. The van der Waals surface area contributed by atoms with E-state index in [0.717, 1.165) is 6.20 Å². The number of nitrogens with zero attached hydrogens (tertiary/aromatic N) is 2. The van der Waals surface area contributed by atoms with Crippen LogP contribution in [0.2, 0.25) is 0 Å². The van der Waals surface area contributed by atoms with Gasteiger partial charge in [0, 0.05) is 20.1 Å². The molecule has 2 atom stereocenters. The molecule has 1 amide bonds. The van der Waals surface area contributed by atoms with E-state index in [4.69, 9.17) is 0 Å². The van der Waals surface area contributed by atoms with Crippen molar-refractivity contribution in [1.82, 2.24) is 15.2 Å². The molecule has 0 saturated carbocycles. The lowest BCUT2D eigenvalue weighted by Crippen LogP contribution is -2.44. The molecule has 0 aliphatic carbocycles. The average Bonchev–Trinajstić information content (AvgIpc) is 2.74. The van der Waals surface area contributed by atoms with E-state index in [0.29, 0.717) is 13.1 Å². The minimum absolute atomic E-state index is 0.174. The highest BCUT2D eigenvalue weighted by Crippen LogP contribution is 2.11. The summed E-state index contributed by atoms with van der Waals surface area (Å²) in [6.07, 6.45) is 0.425. The second-order valence-electron chi connectivity index (χ2n) is 4.07. The van der Waals surface area contributed by atoms with Crippen molar-refractivity contribution in [3.8, 4) is 0 Å². The van der Waals surface area contributed by atoms with Crippen molar-refractivity contribution in [2.24, 2.45) is 0 Å². The van der Waals surface area contributed by atoms with Crippen LogP contribution in [0.15, 0.2) is 18.3 Å². The van der Waals surface area contributed by atoms with Crippen LogP contribution in [-0.2, 0) is 0 Å². The first-order valence-corrected chi connectivity index (χ1v) is 5.37. The summed E-state index contributed by atoms with van der Waals surface area (Å²) >= 11 is 0. The molecule has 2 N–H and O–H groups in total. The first kappa shape index (κ1) is 11.9. The molecular formula is C11H14FN3O2. The topological polar surface area (TPSA) is 65.5 Å². The normalized spacial score (nSPS) is 23.7. The van der Waals surface area contributed by atoms with E-state index in [-0.39, 0.29) is 17.6 Å². The largest absolute Gasteiger partial charge is 0.390 e. The Balaban J connectivity index is 2.11. The van der Waals surface area contributed by atoms with Crippen LogP contribution < -0.4 is 5.32 Å². The molecule has 1 aromatic heterocycles. The molecule has 1 saturated heterocycles. The Morgan fingerprint density at radius 2 is 2.35 bits per heavy atom. The second kappa shape index (κ2) is 4.77. The zero-order valence-electron chi connectivity index (χ0n) is 9.43. The van der Waals surface area contributed by atoms with Crippen LogP contribution in [0.1, 0.15) is 10.5 Å². The highest BCUT2D eigenvalue weighted by atomic mass is 19.1. The molecule has 0 radical (unpaired) electrons. The first-order valence-electron chi connectivity index (χ1n) is 5.37. The second-order valence-corrected chi connectivity index (χ2v) is 4.07. The van der Waals surface area contributed by atoms with Gasteiger partial charge in [0.15, 0.2) is 0 Å². The summed E-state index contributed by atoms with van der Waals surface area (Å²) in [7, 11) is 1.61. The zero-order chi connectivity index (χ0) is 12.4. The Labute approximate surface area is 98.3 Å². The summed E-state index contributed by atoms with van der Waals surface area (Å²) in [4.78, 5) is 17.2. The summed E-state index contributed by atoms with van der Waals surface area (Å²) in [6, 6.07) is 2.26. The van der Waals surface area contributed by atoms with Gasteiger partial charge in [-0.15, -0.1) is 0 Å². The van der Waals surface area contributed by atoms with Gasteiger partial charge in [0.05, 0.1) is 18.3 Å². The van der Waals surface area contributed by atoms with Crippen LogP contribution in [0.5, 0.6) is 0 Å². The Kier molecular flexibility index (Phi) is 3.35. The third-order valence-corrected chi connectivity index (χ3v) is 2.92. The number of hydrogen-bond donors (Lipinski definition) is 2. The lowest BCUT2D eigenvalue weighted by molar-refractivity contribution is 0.0576. The van der Waals surface area contributed by atoms with Crippen molar-refractivity contribution < 1.29 is 14.3 Å². The number of carbonyl (C=O) groups is 1. The summed E-state index contributed by atoms with van der Waals surface area (Å²) in [5.41, 5.74) is 0.174. The molecule has 1 aliphatic heterocycles. The van der Waals surface area contributed by atoms with Crippen molar-refractivity contribution in [2.75, 3.05) is 20.1 Å². The standard InChI is InChI=1S/C11H14FN3O2/c1-15(9-5-13-6-10(9)16)11(17)8-3-2-7(12)4-14-8/h2-4,9-10,13,16H,5-6H2,1H3/t9-,10-/m0/s1. The van der Waals surface area contributed by atoms with Crippen LogP contribution in [0.4, 0.5) is 4.39 Å². The van der Waals surface area contributed by atoms with E-state index in [1.807, 2.05) is 0 Å². The fourth-order valence-corrected chi connectivity index (χ4v) is 1.88. The monoisotopic (exact) mass is 239 g/mol. The number of aromatic nitrogens is 1. The van der Waals surface area contributed by atoms with Gasteiger partial charge in [-0.3, -0.25) is 4.79 Å². The highest BCUT2D eigenvalue weighted by Gasteiger charge is 2.31. The molecule has 1 aliphatic rings. The lowest BCUT2D eigenvalue weighted by Gasteiger charge is -2.25. The Morgan fingerprint density at radius 3 is 2.88 bits per heavy atom. The minimum atomic E-state index is -0.579. The van der Waals surface area contributed by atoms with Gasteiger partial charge in [-0.05, 0) is 12.1 Å². The summed E-state index contributed by atoms with van der Waals surface area (Å²) in [5, 5.41) is 12.7. The van der Waals surface area contributed by atoms with Gasteiger partial charge >= 0.3 is 0 Å². The van der Waals surface area contributed by atoms with Gasteiger partial charge in [-0.1, -0.05) is 0 Å². The maximum atomic E-state index is 12.7. The molecular weight excluding hydrogens is 225 g/mol. The molecule has 0 bridgehead atoms. The van der Waals surface area contributed by atoms with Gasteiger partial charge < -0.3 is 15.3 Å². The number of carbonyl (C=O) groups excluding carboxylic acids is 1. The fraction of sp³-hybridized carbons (Fsp3) is 0.455. The zero-order valence-corrected chi connectivity index (χ0v) is 9.43. The average molecular weight is 239 g/mol. The van der Waals surface area contributed by atoms with Crippen LogP contribution in [0.3, 0.4) is 0 Å². The number of β-amino-alcohol motifs (C(OH)–C–C–N with tert-alkyl or cyclic N) is 1. The number of halogens is 1. The predicted octanol–water partition coefficient (Wildman–Crippen LogP) is -0.375. The molecule has 0 spiro atoms. The third kappa shape index (κ3) is 2.42. The number of aliphatic hydroxyl groups is 1. The Bertz CT molecular complexity index is 410. The maximum absolute atomic E-state index is 12.7. The van der Waals surface area contributed by atoms with Crippen molar-refractivity contribution in [1.29, 1.82) is 0 Å². The molecule has 92 valence electrons. The van der Waals surface area contributed by atoms with Gasteiger partial charge in [0.25, 0.3) is 5.91 Å². The first-order chi connectivity index (χ1) is 8.09. The lowest BCUT2D eigenvalue weighted by atomic mass is 10.2. The number of nitrogens with one attached hydrogen (secondary N) is 1. The Hall–Kier alpha value is -1.53. The van der Waals surface area contributed by atoms with Crippen LogP contribution in [0, 0.1) is 5.82 Å². The van der Waals surface area contributed by atoms with E-state index in [1.165, 1.54) is 17.0 Å². The summed E-state index contributed by atoms with van der Waals surface area (Å²) < 4.78 is 12.7. The summed E-state index contributed by atoms with van der Waals surface area (Å²) in [5.74, 6) is -0.801. The number of rotatable bonds is 2. The van der Waals surface area contributed by atoms with Crippen molar-refractivity contribution >= 4 is 5.91 Å². The molecule has 17 heavy (non-hydrogen) atoms. The number of likely N-dealkylation sites (N-methyl/N-ethyl adjacent to an activating group) is 1. The van der Waals surface area contributed by atoms with Crippen LogP contribution in [0.25, 0.3) is 0 Å². The van der Waals surface area contributed by atoms with Crippen molar-refractivity contribution in [3.63, 3.8) is 0 Å². The molecule has 1 fully saturated rings. The molecule has 2 rings (SSSR count). The van der Waals surface area contributed by atoms with Gasteiger partial charge in [0.2, 0.25) is 0 Å². The SMILES string of the molecule is CN(C(=O)c1ccc(F)cn1)[C@H]1CNC[C@@H]1O. The number of hydrogen-bond acceptors (Lipinski definition) is 4. The minimum Gasteiger partial charge on any atom is -0.390 e. The van der Waals surface area contributed by atoms with Gasteiger partial charge in [-0.2, -0.15) is 0 Å². The molecule has 2 heterocycles. The van der Waals surface area contributed by atoms with Crippen LogP contribution in [-0.4, -0.2) is 53.2 Å². The molecule has 0 aromatic carbocycles. The molecule has 1 aromatic rings. The molecule has 6 heteroatoms. The smallest absolute Gasteiger partial charge is 0.272 e. The van der Waals surface area contributed by atoms with Gasteiger partial charge in [-0.25, -0.2) is 9.37 Å². The maximum Gasteiger partial charge on any atom is 0.272 e. The van der Waals surface area contributed by atoms with E-state index in [2.05, 4.69) is 10.3 Å². The number of pyridine rings is 1. The van der Waals surface area contributed by atoms with E-state index in [1.54, 1.807) is 7.05 Å². The van der Waals surface area contributed by atoms with E-state index in [9.17, 15) is 14.3 Å². The van der Waals surface area contributed by atoms with Crippen LogP contribution >= 0.6 is 0 Å². The molecule has 0 unspecified atom stereocenters. The highest BCUT2D eigenvalue weighted by molar-refractivity contribution is 5.92. The van der Waals surface area contributed by atoms with Crippen molar-refractivity contribution in [2.45, 2.75) is 12.1 Å². The number of aliphatic hydroxyl groups excluding tert-OH is 1. The summed E-state index contributed by atoms with van der Waals surface area (Å²) in [6.45, 7) is 1.02.